The molecule has 0 aromatic heterocycles. The van der Waals surface area contributed by atoms with Gasteiger partial charge in [0.25, 0.3) is 0 Å². The van der Waals surface area contributed by atoms with Crippen molar-refractivity contribution in [1.29, 1.82) is 0 Å². The number of nitrogens with zero attached hydrogens (tertiary/aromatic N) is 3. The molecule has 25 heavy (non-hydrogen) atoms. The lowest BCUT2D eigenvalue weighted by Gasteiger charge is -2.38. The maximum atomic E-state index is 12.6. The molecule has 0 radical (unpaired) electrons. The number of halogens is 1. The first-order valence-electron chi connectivity index (χ1n) is 9.47. The molecule has 2 saturated heterocycles. The molecule has 2 unspecified atom stereocenters. The second-order valence-corrected chi connectivity index (χ2v) is 8.74. The topological polar surface area (TPSA) is 26.8 Å². The molecule has 2 heterocycles. The van der Waals surface area contributed by atoms with Gasteiger partial charge < -0.3 is 4.90 Å². The quantitative estimate of drug-likeness (QED) is 0.766. The normalized spacial score (nSPS) is 26.0. The molecule has 138 valence electrons. The van der Waals surface area contributed by atoms with Gasteiger partial charge in [0, 0.05) is 50.3 Å². The Hall–Kier alpha value is -0.910. The average molecular weight is 408 g/mol. The van der Waals surface area contributed by atoms with E-state index in [1.165, 1.54) is 16.5 Å². The average Bonchev–Trinajstić information content (AvgIpc) is 2.58. The highest BCUT2D eigenvalue weighted by Gasteiger charge is 2.27. The smallest absolute Gasteiger partial charge is 0.236 e. The Morgan fingerprint density at radius 1 is 1.04 bits per heavy atom. The third kappa shape index (κ3) is 5.28. The lowest BCUT2D eigenvalue weighted by molar-refractivity contribution is -0.135. The van der Waals surface area contributed by atoms with Crippen molar-refractivity contribution in [2.24, 2.45) is 11.8 Å². The number of hydrogen-bond donors (Lipinski definition) is 0. The Bertz CT molecular complexity index is 576. The van der Waals surface area contributed by atoms with Crippen LogP contribution < -0.4 is 0 Å². The summed E-state index contributed by atoms with van der Waals surface area (Å²) < 4.78 is 1.18. The maximum Gasteiger partial charge on any atom is 0.236 e. The van der Waals surface area contributed by atoms with Crippen LogP contribution in [0.1, 0.15) is 25.8 Å². The zero-order valence-electron chi connectivity index (χ0n) is 15.5. The number of likely N-dealkylation sites (tertiary alicyclic amines) is 1. The minimum Gasteiger partial charge on any atom is -0.341 e. The zero-order valence-corrected chi connectivity index (χ0v) is 17.0. The fourth-order valence-corrected chi connectivity index (χ4v) is 4.54. The predicted octanol–water partition coefficient (Wildman–Crippen LogP) is 3.07. The molecule has 0 bridgehead atoms. The number of amides is 1. The summed E-state index contributed by atoms with van der Waals surface area (Å²) in [6, 6.07) is 8.43. The van der Waals surface area contributed by atoms with E-state index in [0.717, 1.165) is 45.8 Å². The highest BCUT2D eigenvalue weighted by Crippen LogP contribution is 2.21. The molecule has 1 aromatic rings. The molecule has 5 heteroatoms. The summed E-state index contributed by atoms with van der Waals surface area (Å²) in [7, 11) is 0. The van der Waals surface area contributed by atoms with E-state index in [0.29, 0.717) is 24.3 Å². The van der Waals surface area contributed by atoms with Gasteiger partial charge in [-0.3, -0.25) is 14.6 Å². The van der Waals surface area contributed by atoms with Crippen molar-refractivity contribution in [2.45, 2.75) is 26.8 Å². The van der Waals surface area contributed by atoms with Crippen LogP contribution in [0.15, 0.2) is 28.7 Å². The number of carbonyl (C=O) groups excluding carboxylic acids is 1. The minimum atomic E-state index is 0.317. The van der Waals surface area contributed by atoms with Crippen molar-refractivity contribution >= 4 is 21.8 Å². The number of carbonyl (C=O) groups is 1. The number of hydrogen-bond acceptors (Lipinski definition) is 3. The Morgan fingerprint density at radius 2 is 1.64 bits per heavy atom. The molecule has 1 aromatic carbocycles. The summed E-state index contributed by atoms with van der Waals surface area (Å²) in [5.74, 6) is 1.58. The van der Waals surface area contributed by atoms with Gasteiger partial charge in [-0.1, -0.05) is 48.0 Å². The number of rotatable bonds is 4. The van der Waals surface area contributed by atoms with Gasteiger partial charge in [-0.25, -0.2) is 0 Å². The largest absolute Gasteiger partial charge is 0.341 e. The van der Waals surface area contributed by atoms with E-state index >= 15 is 0 Å². The van der Waals surface area contributed by atoms with Crippen molar-refractivity contribution in [2.75, 3.05) is 45.8 Å². The standard InChI is InChI=1S/C20H30BrN3O/c1-16-11-17(2)13-24(12-16)20(25)15-23-9-7-22(8-10-23)14-18-5-3-4-6-19(18)21/h3-6,16-17H,7-15H2,1-2H3. The van der Waals surface area contributed by atoms with Crippen LogP contribution in [0, 0.1) is 11.8 Å². The van der Waals surface area contributed by atoms with Gasteiger partial charge >= 0.3 is 0 Å². The third-order valence-electron chi connectivity index (χ3n) is 5.40. The van der Waals surface area contributed by atoms with Gasteiger partial charge in [0.05, 0.1) is 6.54 Å². The number of piperazine rings is 1. The Morgan fingerprint density at radius 3 is 2.28 bits per heavy atom. The van der Waals surface area contributed by atoms with Gasteiger partial charge in [0.1, 0.15) is 0 Å². The van der Waals surface area contributed by atoms with E-state index in [-0.39, 0.29) is 0 Å². The molecule has 4 nitrogen and oxygen atoms in total. The fraction of sp³-hybridized carbons (Fsp3) is 0.650. The molecule has 2 atom stereocenters. The van der Waals surface area contributed by atoms with Crippen LogP contribution in [0.5, 0.6) is 0 Å². The lowest BCUT2D eigenvalue weighted by Crippen LogP contribution is -2.51. The summed E-state index contributed by atoms with van der Waals surface area (Å²) in [5.41, 5.74) is 1.34. The summed E-state index contributed by atoms with van der Waals surface area (Å²) in [6.07, 6.45) is 1.25. The van der Waals surface area contributed by atoms with E-state index in [1.807, 2.05) is 0 Å². The molecule has 0 spiro atoms. The minimum absolute atomic E-state index is 0.317. The second-order valence-electron chi connectivity index (χ2n) is 7.89. The highest BCUT2D eigenvalue weighted by atomic mass is 79.9. The van der Waals surface area contributed by atoms with Crippen molar-refractivity contribution in [1.82, 2.24) is 14.7 Å². The summed E-state index contributed by atoms with van der Waals surface area (Å²) >= 11 is 3.63. The molecule has 0 N–H and O–H groups in total. The molecule has 2 fully saturated rings. The van der Waals surface area contributed by atoms with E-state index in [1.54, 1.807) is 0 Å². The molecule has 0 saturated carbocycles. The molecular formula is C20H30BrN3O. The van der Waals surface area contributed by atoms with Crippen LogP contribution in [-0.2, 0) is 11.3 Å². The van der Waals surface area contributed by atoms with Gasteiger partial charge in [0.15, 0.2) is 0 Å². The molecule has 2 aliphatic rings. The van der Waals surface area contributed by atoms with Crippen molar-refractivity contribution in [3.8, 4) is 0 Å². The maximum absolute atomic E-state index is 12.6. The van der Waals surface area contributed by atoms with E-state index in [4.69, 9.17) is 0 Å². The van der Waals surface area contributed by atoms with Crippen LogP contribution in [0.2, 0.25) is 0 Å². The van der Waals surface area contributed by atoms with Gasteiger partial charge in [-0.15, -0.1) is 0 Å². The predicted molar refractivity (Wildman–Crippen MR) is 105 cm³/mol. The Kier molecular flexibility index (Phi) is 6.53. The number of piperidine rings is 1. The Balaban J connectivity index is 1.44. The fourth-order valence-electron chi connectivity index (χ4n) is 4.13. The van der Waals surface area contributed by atoms with Gasteiger partial charge in [-0.05, 0) is 29.9 Å². The zero-order chi connectivity index (χ0) is 17.8. The van der Waals surface area contributed by atoms with E-state index in [9.17, 15) is 4.79 Å². The van der Waals surface area contributed by atoms with Crippen LogP contribution in [0.25, 0.3) is 0 Å². The lowest BCUT2D eigenvalue weighted by atomic mass is 9.92. The molecule has 3 rings (SSSR count). The SMILES string of the molecule is CC1CC(C)CN(C(=O)CN2CCN(Cc3ccccc3Br)CC2)C1. The van der Waals surface area contributed by atoms with Crippen molar-refractivity contribution in [3.05, 3.63) is 34.3 Å². The highest BCUT2D eigenvalue weighted by molar-refractivity contribution is 9.10. The van der Waals surface area contributed by atoms with Crippen molar-refractivity contribution in [3.63, 3.8) is 0 Å². The summed E-state index contributed by atoms with van der Waals surface area (Å²) in [5, 5.41) is 0. The van der Waals surface area contributed by atoms with Crippen LogP contribution in [-0.4, -0.2) is 66.4 Å². The first-order chi connectivity index (χ1) is 12.0. The first kappa shape index (κ1) is 18.9. The molecule has 0 aliphatic carbocycles. The first-order valence-corrected chi connectivity index (χ1v) is 10.3. The number of benzene rings is 1. The third-order valence-corrected chi connectivity index (χ3v) is 6.17. The Labute approximate surface area is 160 Å². The molecule has 2 aliphatic heterocycles. The van der Waals surface area contributed by atoms with Crippen LogP contribution in [0.4, 0.5) is 0 Å². The van der Waals surface area contributed by atoms with E-state index in [2.05, 4.69) is 68.7 Å². The van der Waals surface area contributed by atoms with E-state index < -0.39 is 0 Å². The second kappa shape index (κ2) is 8.65. The summed E-state index contributed by atoms with van der Waals surface area (Å²) in [6.45, 7) is 12.0. The molecule has 1 amide bonds. The van der Waals surface area contributed by atoms with Crippen LogP contribution in [0.3, 0.4) is 0 Å². The monoisotopic (exact) mass is 407 g/mol. The summed E-state index contributed by atoms with van der Waals surface area (Å²) in [4.78, 5) is 19.5. The molecular weight excluding hydrogens is 378 g/mol. The van der Waals surface area contributed by atoms with Gasteiger partial charge in [-0.2, -0.15) is 0 Å². The van der Waals surface area contributed by atoms with Crippen molar-refractivity contribution < 1.29 is 4.79 Å². The van der Waals surface area contributed by atoms with Gasteiger partial charge in [0.2, 0.25) is 5.91 Å². The van der Waals surface area contributed by atoms with Crippen LogP contribution >= 0.6 is 15.9 Å².